The molecule has 1 aromatic carbocycles. The molecule has 0 aliphatic rings. The zero-order chi connectivity index (χ0) is 15.4. The van der Waals surface area contributed by atoms with E-state index in [2.05, 4.69) is 10.3 Å². The minimum absolute atomic E-state index is 0.225. The lowest BCUT2D eigenvalue weighted by molar-refractivity contribution is 0.0693. The van der Waals surface area contributed by atoms with Crippen LogP contribution in [0.25, 0.3) is 5.69 Å². The summed E-state index contributed by atoms with van der Waals surface area (Å²) < 4.78 is 1.44. The summed E-state index contributed by atoms with van der Waals surface area (Å²) in [6.45, 7) is 2.03. The van der Waals surface area contributed by atoms with Gasteiger partial charge >= 0.3 is 5.97 Å². The quantitative estimate of drug-likeness (QED) is 0.786. The number of carbonyl (C=O) groups excluding carboxylic acids is 1. The first-order chi connectivity index (χ1) is 10.1. The number of carboxylic acids is 1. The molecule has 7 nitrogen and oxygen atoms in total. The zero-order valence-electron chi connectivity index (χ0n) is 11.5. The highest BCUT2D eigenvalue weighted by Crippen LogP contribution is 2.22. The molecule has 1 heterocycles. The van der Waals surface area contributed by atoms with Crippen LogP contribution in [0.2, 0.25) is 0 Å². The Balaban J connectivity index is 2.51. The Kier molecular flexibility index (Phi) is 4.32. The van der Waals surface area contributed by atoms with Crippen LogP contribution in [0.5, 0.6) is 5.75 Å². The van der Waals surface area contributed by atoms with Crippen molar-refractivity contribution in [2.45, 2.75) is 26.2 Å². The summed E-state index contributed by atoms with van der Waals surface area (Å²) in [4.78, 5) is 22.1. The third-order valence-corrected chi connectivity index (χ3v) is 3.13. The Morgan fingerprint density at radius 2 is 2.19 bits per heavy atom. The molecule has 2 aromatic rings. The fourth-order valence-corrected chi connectivity index (χ4v) is 2.02. The highest BCUT2D eigenvalue weighted by Gasteiger charge is 2.16. The summed E-state index contributed by atoms with van der Waals surface area (Å²) in [6.07, 6.45) is 3.05. The van der Waals surface area contributed by atoms with Crippen molar-refractivity contribution in [3.05, 3.63) is 35.2 Å². The van der Waals surface area contributed by atoms with E-state index in [4.69, 9.17) is 5.11 Å². The van der Waals surface area contributed by atoms with Gasteiger partial charge in [0.05, 0.1) is 11.4 Å². The molecular weight excluding hydrogens is 274 g/mol. The lowest BCUT2D eigenvalue weighted by Gasteiger charge is -2.08. The maximum absolute atomic E-state index is 11.1. The Bertz CT molecular complexity index is 679. The van der Waals surface area contributed by atoms with E-state index in [0.29, 0.717) is 24.1 Å². The van der Waals surface area contributed by atoms with Gasteiger partial charge in [0, 0.05) is 0 Å². The molecule has 7 heteroatoms. The van der Waals surface area contributed by atoms with Gasteiger partial charge in [0.25, 0.3) is 0 Å². The van der Waals surface area contributed by atoms with E-state index >= 15 is 0 Å². The number of phenols is 1. The first-order valence-electron chi connectivity index (χ1n) is 6.55. The molecule has 0 atom stereocenters. The lowest BCUT2D eigenvalue weighted by atomic mass is 10.1. The normalized spacial score (nSPS) is 10.5. The monoisotopic (exact) mass is 289 g/mol. The van der Waals surface area contributed by atoms with Crippen molar-refractivity contribution in [3.63, 3.8) is 0 Å². The molecule has 2 N–H and O–H groups in total. The summed E-state index contributed by atoms with van der Waals surface area (Å²) in [5, 5.41) is 26.3. The Morgan fingerprint density at radius 1 is 1.43 bits per heavy atom. The minimum Gasteiger partial charge on any atom is -0.507 e. The average molecular weight is 289 g/mol. The van der Waals surface area contributed by atoms with Crippen LogP contribution in [0.1, 0.15) is 46.3 Å². The molecule has 0 aliphatic heterocycles. The standard InChI is InChI=1S/C14H15N3O4/c1-2-3-4-12-11(8-18)15-16-17(12)9-5-6-13(19)10(7-9)14(20)21/h5-8,19H,2-4H2,1H3,(H,20,21). The number of carbonyl (C=O) groups is 2. The van der Waals surface area contributed by atoms with Crippen molar-refractivity contribution < 1.29 is 19.8 Å². The van der Waals surface area contributed by atoms with Crippen molar-refractivity contribution >= 4 is 12.3 Å². The van der Waals surface area contributed by atoms with Crippen LogP contribution in [0, 0.1) is 0 Å². The highest BCUT2D eigenvalue weighted by atomic mass is 16.4. The number of benzene rings is 1. The second kappa shape index (κ2) is 6.17. The van der Waals surface area contributed by atoms with Crippen LogP contribution < -0.4 is 0 Å². The molecule has 1 aromatic heterocycles. The molecule has 0 radical (unpaired) electrons. The molecule has 0 amide bonds. The number of hydrogen-bond donors (Lipinski definition) is 2. The van der Waals surface area contributed by atoms with E-state index < -0.39 is 5.97 Å². The second-order valence-corrected chi connectivity index (χ2v) is 4.56. The maximum atomic E-state index is 11.1. The Labute approximate surface area is 120 Å². The van der Waals surface area contributed by atoms with Crippen LogP contribution in [-0.2, 0) is 6.42 Å². The van der Waals surface area contributed by atoms with E-state index in [1.165, 1.54) is 22.9 Å². The predicted molar refractivity (Wildman–Crippen MR) is 74.0 cm³/mol. The fourth-order valence-electron chi connectivity index (χ4n) is 2.02. The molecule has 2 rings (SSSR count). The van der Waals surface area contributed by atoms with Gasteiger partial charge in [-0.15, -0.1) is 5.10 Å². The Hall–Kier alpha value is -2.70. The van der Waals surface area contributed by atoms with E-state index in [0.717, 1.165) is 12.8 Å². The summed E-state index contributed by atoms with van der Waals surface area (Å²) in [5.74, 6) is -1.56. The number of carboxylic acid groups (broad SMARTS) is 1. The van der Waals surface area contributed by atoms with Crippen molar-refractivity contribution in [1.82, 2.24) is 15.0 Å². The van der Waals surface area contributed by atoms with Gasteiger partial charge in [0.2, 0.25) is 0 Å². The number of aromatic nitrogens is 3. The summed E-state index contributed by atoms with van der Waals surface area (Å²) in [7, 11) is 0. The van der Waals surface area contributed by atoms with Gasteiger partial charge in [-0.2, -0.15) is 0 Å². The average Bonchev–Trinajstić information content (AvgIpc) is 2.88. The van der Waals surface area contributed by atoms with Gasteiger partial charge in [-0.25, -0.2) is 9.48 Å². The molecule has 0 unspecified atom stereocenters. The molecule has 0 spiro atoms. The van der Waals surface area contributed by atoms with Gasteiger partial charge in [-0.1, -0.05) is 18.6 Å². The molecule has 0 saturated carbocycles. The Morgan fingerprint density at radius 3 is 2.81 bits per heavy atom. The van der Waals surface area contributed by atoms with Gasteiger partial charge in [0.15, 0.2) is 6.29 Å². The number of hydrogen-bond acceptors (Lipinski definition) is 5. The lowest BCUT2D eigenvalue weighted by Crippen LogP contribution is -2.06. The van der Waals surface area contributed by atoms with Crippen LogP contribution in [0.4, 0.5) is 0 Å². The second-order valence-electron chi connectivity index (χ2n) is 4.56. The zero-order valence-corrected chi connectivity index (χ0v) is 11.5. The van der Waals surface area contributed by atoms with Crippen molar-refractivity contribution in [1.29, 1.82) is 0 Å². The number of aromatic hydroxyl groups is 1. The molecule has 0 aliphatic carbocycles. The van der Waals surface area contributed by atoms with Gasteiger partial charge in [0.1, 0.15) is 17.0 Å². The number of nitrogens with zero attached hydrogens (tertiary/aromatic N) is 3. The topological polar surface area (TPSA) is 105 Å². The van der Waals surface area contributed by atoms with Crippen LogP contribution >= 0.6 is 0 Å². The van der Waals surface area contributed by atoms with E-state index in [-0.39, 0.29) is 17.0 Å². The van der Waals surface area contributed by atoms with E-state index in [9.17, 15) is 14.7 Å². The maximum Gasteiger partial charge on any atom is 0.339 e. The molecule has 0 bridgehead atoms. The molecule has 0 saturated heterocycles. The van der Waals surface area contributed by atoms with Crippen molar-refractivity contribution in [3.8, 4) is 11.4 Å². The van der Waals surface area contributed by atoms with Crippen molar-refractivity contribution in [2.24, 2.45) is 0 Å². The molecule has 0 fully saturated rings. The minimum atomic E-state index is -1.24. The van der Waals surface area contributed by atoms with E-state index in [1.807, 2.05) is 6.92 Å². The van der Waals surface area contributed by atoms with Crippen LogP contribution in [0.3, 0.4) is 0 Å². The van der Waals surface area contributed by atoms with Gasteiger partial charge < -0.3 is 10.2 Å². The molecular formula is C14H15N3O4. The first-order valence-corrected chi connectivity index (χ1v) is 6.55. The summed E-state index contributed by atoms with van der Waals surface area (Å²) in [5.41, 5.74) is 1.09. The molecule has 21 heavy (non-hydrogen) atoms. The third-order valence-electron chi connectivity index (χ3n) is 3.13. The predicted octanol–water partition coefficient (Wildman–Crippen LogP) is 1.83. The highest BCUT2D eigenvalue weighted by molar-refractivity contribution is 5.91. The van der Waals surface area contributed by atoms with E-state index in [1.54, 1.807) is 0 Å². The largest absolute Gasteiger partial charge is 0.507 e. The smallest absolute Gasteiger partial charge is 0.339 e. The fraction of sp³-hybridized carbons (Fsp3) is 0.286. The van der Waals surface area contributed by atoms with Gasteiger partial charge in [-0.3, -0.25) is 4.79 Å². The summed E-state index contributed by atoms with van der Waals surface area (Å²) in [6, 6.07) is 4.11. The van der Waals surface area contributed by atoms with Crippen LogP contribution in [0.15, 0.2) is 18.2 Å². The molecule has 110 valence electrons. The number of aromatic carboxylic acids is 1. The number of rotatable bonds is 6. The number of aldehydes is 1. The van der Waals surface area contributed by atoms with Crippen LogP contribution in [-0.4, -0.2) is 37.5 Å². The summed E-state index contributed by atoms with van der Waals surface area (Å²) >= 11 is 0. The first kappa shape index (κ1) is 14.7. The number of unbranched alkanes of at least 4 members (excludes halogenated alkanes) is 1. The SMILES string of the molecule is CCCCc1c(C=O)nnn1-c1ccc(O)c(C(=O)O)c1. The third kappa shape index (κ3) is 2.91. The van der Waals surface area contributed by atoms with Gasteiger partial charge in [-0.05, 0) is 31.0 Å². The van der Waals surface area contributed by atoms with Crippen molar-refractivity contribution in [2.75, 3.05) is 0 Å².